The van der Waals surface area contributed by atoms with Crippen LogP contribution in [-0.4, -0.2) is 30.0 Å². The van der Waals surface area contributed by atoms with Crippen molar-refractivity contribution >= 4 is 44.1 Å². The molecule has 0 aliphatic heterocycles. The Bertz CT molecular complexity index is 1570. The molecule has 2 aromatic carbocycles. The van der Waals surface area contributed by atoms with E-state index in [1.807, 2.05) is 32.0 Å². The van der Waals surface area contributed by atoms with Gasteiger partial charge in [-0.05, 0) is 79.8 Å². The molecule has 1 N–H and O–H groups in total. The van der Waals surface area contributed by atoms with E-state index in [1.165, 1.54) is 17.8 Å². The van der Waals surface area contributed by atoms with Crippen molar-refractivity contribution in [3.05, 3.63) is 82.0 Å². The maximum Gasteiger partial charge on any atom is 0.230 e. The standard InChI is InChI=1S/C27H26ClN3O4S/c1-4-36(33,34)21-7-6-19(29-15-21)14-24(32)30-20-11-16(2)25(17(3)12-20)27(9-10-27)26-31-22-8-5-18(28)13-23(22)35-26/h5-8,11-13,15H,4,9-10,14H2,1-3H3,(H,30,32). The first-order valence-corrected chi connectivity index (χ1v) is 13.8. The summed E-state index contributed by atoms with van der Waals surface area (Å²) in [7, 11) is -3.32. The molecule has 36 heavy (non-hydrogen) atoms. The summed E-state index contributed by atoms with van der Waals surface area (Å²) >= 11 is 6.12. The average molecular weight is 524 g/mol. The Morgan fingerprint density at radius 3 is 2.44 bits per heavy atom. The van der Waals surface area contributed by atoms with Crippen LogP contribution in [-0.2, 0) is 26.5 Å². The van der Waals surface area contributed by atoms with Gasteiger partial charge in [0.15, 0.2) is 15.4 Å². The highest BCUT2D eigenvalue weighted by Crippen LogP contribution is 2.55. The molecule has 5 rings (SSSR count). The zero-order valence-electron chi connectivity index (χ0n) is 20.3. The lowest BCUT2D eigenvalue weighted by atomic mass is 9.87. The molecule has 1 aliphatic carbocycles. The van der Waals surface area contributed by atoms with Crippen LogP contribution in [0.15, 0.2) is 58.0 Å². The highest BCUT2D eigenvalue weighted by Gasteiger charge is 2.52. The highest BCUT2D eigenvalue weighted by atomic mass is 35.5. The van der Waals surface area contributed by atoms with Gasteiger partial charge in [0.1, 0.15) is 5.52 Å². The number of pyridine rings is 1. The number of halogens is 1. The van der Waals surface area contributed by atoms with Crippen LogP contribution < -0.4 is 5.32 Å². The number of amides is 1. The molecule has 0 radical (unpaired) electrons. The number of anilines is 1. The maximum absolute atomic E-state index is 12.7. The molecule has 1 fully saturated rings. The summed E-state index contributed by atoms with van der Waals surface area (Å²) in [5.41, 5.74) is 5.67. The number of sulfone groups is 1. The maximum atomic E-state index is 12.7. The molecule has 0 saturated heterocycles. The molecule has 1 saturated carbocycles. The molecule has 186 valence electrons. The Balaban J connectivity index is 1.34. The number of oxazole rings is 1. The number of aryl methyl sites for hydroxylation is 2. The molecule has 1 aliphatic rings. The van der Waals surface area contributed by atoms with E-state index in [0.717, 1.165) is 29.5 Å². The summed E-state index contributed by atoms with van der Waals surface area (Å²) in [6, 6.07) is 12.4. The van der Waals surface area contributed by atoms with Crippen LogP contribution >= 0.6 is 11.6 Å². The van der Waals surface area contributed by atoms with Gasteiger partial charge in [-0.2, -0.15) is 0 Å². The number of rotatable bonds is 7. The summed E-state index contributed by atoms with van der Waals surface area (Å²) < 4.78 is 30.0. The molecule has 1 amide bonds. The summed E-state index contributed by atoms with van der Waals surface area (Å²) in [4.78, 5) is 21.7. The summed E-state index contributed by atoms with van der Waals surface area (Å²) in [6.45, 7) is 5.65. The van der Waals surface area contributed by atoms with Crippen molar-refractivity contribution in [2.75, 3.05) is 11.1 Å². The number of carbonyl (C=O) groups excluding carboxylic acids is 1. The monoisotopic (exact) mass is 523 g/mol. The van der Waals surface area contributed by atoms with Crippen LogP contribution in [0.2, 0.25) is 5.02 Å². The average Bonchev–Trinajstić information content (AvgIpc) is 3.50. The number of nitrogens with one attached hydrogen (secondary N) is 1. The van der Waals surface area contributed by atoms with Gasteiger partial charge in [0.05, 0.1) is 22.5 Å². The fourth-order valence-electron chi connectivity index (χ4n) is 4.83. The molecule has 0 bridgehead atoms. The molecule has 0 spiro atoms. The van der Waals surface area contributed by atoms with Crippen LogP contribution in [0.5, 0.6) is 0 Å². The van der Waals surface area contributed by atoms with E-state index in [0.29, 0.717) is 27.9 Å². The Kier molecular flexibility index (Phi) is 6.12. The van der Waals surface area contributed by atoms with Gasteiger partial charge in [-0.15, -0.1) is 0 Å². The second-order valence-corrected chi connectivity index (χ2v) is 12.0. The molecular weight excluding hydrogens is 498 g/mol. The van der Waals surface area contributed by atoms with E-state index in [1.54, 1.807) is 25.1 Å². The molecule has 7 nitrogen and oxygen atoms in total. The van der Waals surface area contributed by atoms with Gasteiger partial charge in [0, 0.05) is 28.7 Å². The predicted molar refractivity (Wildman–Crippen MR) is 139 cm³/mol. The lowest BCUT2D eigenvalue weighted by Crippen LogP contribution is -2.17. The van der Waals surface area contributed by atoms with Crippen molar-refractivity contribution in [2.24, 2.45) is 0 Å². The van der Waals surface area contributed by atoms with Crippen LogP contribution in [0, 0.1) is 13.8 Å². The van der Waals surface area contributed by atoms with Gasteiger partial charge in [-0.25, -0.2) is 13.4 Å². The Labute approximate surface area is 214 Å². The van der Waals surface area contributed by atoms with Crippen molar-refractivity contribution in [1.29, 1.82) is 0 Å². The molecule has 0 unspecified atom stereocenters. The summed E-state index contributed by atoms with van der Waals surface area (Å²) in [5, 5.41) is 3.55. The van der Waals surface area contributed by atoms with E-state index in [2.05, 4.69) is 10.3 Å². The van der Waals surface area contributed by atoms with Crippen molar-refractivity contribution in [1.82, 2.24) is 9.97 Å². The zero-order valence-corrected chi connectivity index (χ0v) is 21.8. The van der Waals surface area contributed by atoms with Crippen molar-refractivity contribution < 1.29 is 17.6 Å². The molecule has 2 aromatic heterocycles. The second kappa shape index (κ2) is 9.01. The SMILES string of the molecule is CCS(=O)(=O)c1ccc(CC(=O)Nc2cc(C)c(C3(c4nc5ccc(Cl)cc5o4)CC3)c(C)c2)nc1. The molecule has 4 aromatic rings. The molecular formula is C27H26ClN3O4S. The van der Waals surface area contributed by atoms with Gasteiger partial charge in [-0.3, -0.25) is 9.78 Å². The van der Waals surface area contributed by atoms with E-state index >= 15 is 0 Å². The lowest BCUT2D eigenvalue weighted by Gasteiger charge is -2.19. The van der Waals surface area contributed by atoms with Crippen molar-refractivity contribution in [2.45, 2.75) is 50.3 Å². The first-order chi connectivity index (χ1) is 17.1. The van der Waals surface area contributed by atoms with Crippen molar-refractivity contribution in [3.63, 3.8) is 0 Å². The number of benzene rings is 2. The third kappa shape index (κ3) is 4.51. The number of carbonyl (C=O) groups is 1. The van der Waals surface area contributed by atoms with Gasteiger partial charge >= 0.3 is 0 Å². The van der Waals surface area contributed by atoms with Gasteiger partial charge in [-0.1, -0.05) is 18.5 Å². The normalized spacial score (nSPS) is 14.7. The fourth-order valence-corrected chi connectivity index (χ4v) is 5.81. The minimum atomic E-state index is -3.32. The van der Waals surface area contributed by atoms with Crippen LogP contribution in [0.3, 0.4) is 0 Å². The molecule has 2 heterocycles. The lowest BCUT2D eigenvalue weighted by molar-refractivity contribution is -0.115. The topological polar surface area (TPSA) is 102 Å². The van der Waals surface area contributed by atoms with Gasteiger partial charge < -0.3 is 9.73 Å². The summed E-state index contributed by atoms with van der Waals surface area (Å²) in [6.07, 6.45) is 3.23. The second-order valence-electron chi connectivity index (χ2n) is 9.31. The smallest absolute Gasteiger partial charge is 0.230 e. The third-order valence-electron chi connectivity index (χ3n) is 6.68. The van der Waals surface area contributed by atoms with Crippen LogP contribution in [0.4, 0.5) is 5.69 Å². The Hall–Kier alpha value is -3.23. The van der Waals surface area contributed by atoms with Gasteiger partial charge in [0.25, 0.3) is 0 Å². The largest absolute Gasteiger partial charge is 0.440 e. The fraction of sp³-hybridized carbons (Fsp3) is 0.296. The number of hydrogen-bond acceptors (Lipinski definition) is 6. The number of fused-ring (bicyclic) bond motifs is 1. The first kappa shape index (κ1) is 24.5. The molecule has 9 heteroatoms. The zero-order chi connectivity index (χ0) is 25.7. The predicted octanol–water partition coefficient (Wildman–Crippen LogP) is 5.55. The Morgan fingerprint density at radius 2 is 1.83 bits per heavy atom. The van der Waals surface area contributed by atoms with E-state index in [4.69, 9.17) is 21.0 Å². The minimum Gasteiger partial charge on any atom is -0.440 e. The van der Waals surface area contributed by atoms with E-state index < -0.39 is 9.84 Å². The quantitative estimate of drug-likeness (QED) is 0.341. The Morgan fingerprint density at radius 1 is 1.11 bits per heavy atom. The van der Waals surface area contributed by atoms with Crippen LogP contribution in [0.25, 0.3) is 11.1 Å². The first-order valence-electron chi connectivity index (χ1n) is 11.8. The third-order valence-corrected chi connectivity index (χ3v) is 8.64. The molecule has 0 atom stereocenters. The number of aromatic nitrogens is 2. The van der Waals surface area contributed by atoms with E-state index in [-0.39, 0.29) is 28.4 Å². The number of nitrogens with zero attached hydrogens (tertiary/aromatic N) is 2. The van der Waals surface area contributed by atoms with E-state index in [9.17, 15) is 13.2 Å². The minimum absolute atomic E-state index is 0.00521. The highest BCUT2D eigenvalue weighted by molar-refractivity contribution is 7.91. The van der Waals surface area contributed by atoms with Gasteiger partial charge in [0.2, 0.25) is 11.8 Å². The van der Waals surface area contributed by atoms with Crippen LogP contribution in [0.1, 0.15) is 48.0 Å². The summed E-state index contributed by atoms with van der Waals surface area (Å²) in [5.74, 6) is 0.477. The number of hydrogen-bond donors (Lipinski definition) is 1. The van der Waals surface area contributed by atoms with Crippen molar-refractivity contribution in [3.8, 4) is 0 Å².